The van der Waals surface area contributed by atoms with E-state index in [4.69, 9.17) is 0 Å². The van der Waals surface area contributed by atoms with Gasteiger partial charge in [0.1, 0.15) is 0 Å². The van der Waals surface area contributed by atoms with Crippen LogP contribution in [0.2, 0.25) is 0 Å². The van der Waals surface area contributed by atoms with E-state index in [9.17, 15) is 8.42 Å². The standard InChI is InChI=1S/C8H14N2O2S/c1-2-3-4-7-13(11,12)8-9-5-6-10-8/h5-6H,2-4,7H2,1H3,(H,9,10). The molecule has 0 bridgehead atoms. The van der Waals surface area contributed by atoms with Crippen LogP contribution >= 0.6 is 0 Å². The molecule has 74 valence electrons. The second-order valence-electron chi connectivity index (χ2n) is 2.92. The van der Waals surface area contributed by atoms with E-state index >= 15 is 0 Å². The zero-order valence-electron chi connectivity index (χ0n) is 7.66. The fourth-order valence-electron chi connectivity index (χ4n) is 1.06. The highest BCUT2D eigenvalue weighted by Crippen LogP contribution is 2.07. The lowest BCUT2D eigenvalue weighted by Gasteiger charge is -1.98. The minimum absolute atomic E-state index is 0.0867. The quantitative estimate of drug-likeness (QED) is 0.733. The summed E-state index contributed by atoms with van der Waals surface area (Å²) in [7, 11) is -3.16. The van der Waals surface area contributed by atoms with Gasteiger partial charge in [0.05, 0.1) is 5.75 Å². The molecule has 1 rings (SSSR count). The first-order valence-electron chi connectivity index (χ1n) is 4.39. The number of aromatic nitrogens is 2. The van der Waals surface area contributed by atoms with Gasteiger partial charge in [-0.15, -0.1) is 0 Å². The molecule has 4 nitrogen and oxygen atoms in total. The van der Waals surface area contributed by atoms with Crippen LogP contribution in [0, 0.1) is 0 Å². The molecule has 0 aliphatic rings. The van der Waals surface area contributed by atoms with Crippen molar-refractivity contribution in [2.24, 2.45) is 0 Å². The summed E-state index contributed by atoms with van der Waals surface area (Å²) in [5, 5.41) is 0.0867. The molecule has 0 saturated carbocycles. The molecule has 5 heteroatoms. The van der Waals surface area contributed by atoms with E-state index in [1.807, 2.05) is 6.92 Å². The topological polar surface area (TPSA) is 62.8 Å². The van der Waals surface area contributed by atoms with E-state index in [0.29, 0.717) is 6.42 Å². The number of unbranched alkanes of at least 4 members (excludes halogenated alkanes) is 2. The third kappa shape index (κ3) is 2.84. The van der Waals surface area contributed by atoms with Crippen molar-refractivity contribution >= 4 is 9.84 Å². The number of hydrogen-bond donors (Lipinski definition) is 1. The molecule has 1 aromatic heterocycles. The first kappa shape index (κ1) is 10.2. The Hall–Kier alpha value is -0.840. The SMILES string of the molecule is CCCCCS(=O)(=O)c1ncc[nH]1. The van der Waals surface area contributed by atoms with Gasteiger partial charge in [-0.05, 0) is 6.42 Å². The predicted octanol–water partition coefficient (Wildman–Crippen LogP) is 1.37. The van der Waals surface area contributed by atoms with Crippen LogP contribution in [0.15, 0.2) is 17.6 Å². The van der Waals surface area contributed by atoms with Gasteiger partial charge in [-0.3, -0.25) is 0 Å². The number of nitrogens with zero attached hydrogens (tertiary/aromatic N) is 1. The molecule has 0 aliphatic heterocycles. The van der Waals surface area contributed by atoms with E-state index in [1.165, 1.54) is 12.4 Å². The van der Waals surface area contributed by atoms with E-state index in [1.54, 1.807) is 0 Å². The maximum absolute atomic E-state index is 11.5. The van der Waals surface area contributed by atoms with Gasteiger partial charge in [-0.1, -0.05) is 19.8 Å². The van der Waals surface area contributed by atoms with Crippen molar-refractivity contribution in [2.75, 3.05) is 5.75 Å². The van der Waals surface area contributed by atoms with Crippen LogP contribution in [-0.2, 0) is 9.84 Å². The minimum Gasteiger partial charge on any atom is -0.336 e. The smallest absolute Gasteiger partial charge is 0.224 e. The van der Waals surface area contributed by atoms with Gasteiger partial charge < -0.3 is 4.98 Å². The summed E-state index contributed by atoms with van der Waals surface area (Å²) in [6.45, 7) is 2.04. The number of sulfone groups is 1. The van der Waals surface area contributed by atoms with Gasteiger partial charge in [0.15, 0.2) is 0 Å². The Morgan fingerprint density at radius 1 is 1.46 bits per heavy atom. The lowest BCUT2D eigenvalue weighted by atomic mass is 10.3. The zero-order valence-corrected chi connectivity index (χ0v) is 8.47. The maximum atomic E-state index is 11.5. The van der Waals surface area contributed by atoms with Crippen LogP contribution in [0.3, 0.4) is 0 Å². The van der Waals surface area contributed by atoms with Crippen molar-refractivity contribution in [1.29, 1.82) is 0 Å². The number of imidazole rings is 1. The Morgan fingerprint density at radius 3 is 2.77 bits per heavy atom. The van der Waals surface area contributed by atoms with Crippen LogP contribution in [0.25, 0.3) is 0 Å². The number of aromatic amines is 1. The molecule has 0 amide bonds. The Labute approximate surface area is 78.3 Å². The summed E-state index contributed by atoms with van der Waals surface area (Å²) in [4.78, 5) is 6.33. The van der Waals surface area contributed by atoms with E-state index in [-0.39, 0.29) is 10.9 Å². The number of nitrogens with one attached hydrogen (secondary N) is 1. The number of rotatable bonds is 5. The predicted molar refractivity (Wildman–Crippen MR) is 50.2 cm³/mol. The van der Waals surface area contributed by atoms with Crippen molar-refractivity contribution in [1.82, 2.24) is 9.97 Å². The summed E-state index contributed by atoms with van der Waals surface area (Å²) in [6, 6.07) is 0. The summed E-state index contributed by atoms with van der Waals surface area (Å²) in [6.07, 6.45) is 5.65. The summed E-state index contributed by atoms with van der Waals surface area (Å²) < 4.78 is 22.9. The normalized spacial score (nSPS) is 11.8. The minimum atomic E-state index is -3.16. The van der Waals surface area contributed by atoms with Gasteiger partial charge in [-0.2, -0.15) is 0 Å². The second-order valence-corrected chi connectivity index (χ2v) is 4.94. The third-order valence-corrected chi connectivity index (χ3v) is 3.42. The van der Waals surface area contributed by atoms with Gasteiger partial charge in [0.2, 0.25) is 15.0 Å². The molecule has 0 aromatic carbocycles. The molecule has 0 spiro atoms. The van der Waals surface area contributed by atoms with Crippen LogP contribution < -0.4 is 0 Å². The average Bonchev–Trinajstić information content (AvgIpc) is 2.56. The molecule has 0 saturated heterocycles. The van der Waals surface area contributed by atoms with Gasteiger partial charge in [0, 0.05) is 12.4 Å². The van der Waals surface area contributed by atoms with Crippen molar-refractivity contribution in [2.45, 2.75) is 31.3 Å². The number of hydrogen-bond acceptors (Lipinski definition) is 3. The molecular formula is C8H14N2O2S. The van der Waals surface area contributed by atoms with Crippen molar-refractivity contribution in [3.05, 3.63) is 12.4 Å². The molecule has 0 atom stereocenters. The molecule has 0 radical (unpaired) electrons. The van der Waals surface area contributed by atoms with Crippen LogP contribution in [0.4, 0.5) is 0 Å². The molecule has 1 heterocycles. The molecule has 1 aromatic rings. The van der Waals surface area contributed by atoms with Crippen LogP contribution in [0.5, 0.6) is 0 Å². The lowest BCUT2D eigenvalue weighted by molar-refractivity contribution is 0.584. The summed E-state index contributed by atoms with van der Waals surface area (Å²) in [5.74, 6) is 0.189. The maximum Gasteiger partial charge on any atom is 0.224 e. The van der Waals surface area contributed by atoms with E-state index in [2.05, 4.69) is 9.97 Å². The largest absolute Gasteiger partial charge is 0.336 e. The van der Waals surface area contributed by atoms with Gasteiger partial charge >= 0.3 is 0 Å². The molecule has 1 N–H and O–H groups in total. The highest BCUT2D eigenvalue weighted by Gasteiger charge is 2.15. The summed E-state index contributed by atoms with van der Waals surface area (Å²) >= 11 is 0. The molecule has 0 fully saturated rings. The summed E-state index contributed by atoms with van der Waals surface area (Å²) in [5.41, 5.74) is 0. The molecule has 13 heavy (non-hydrogen) atoms. The van der Waals surface area contributed by atoms with Crippen molar-refractivity contribution in [3.63, 3.8) is 0 Å². The Bertz CT molecular complexity index is 329. The second kappa shape index (κ2) is 4.41. The molecule has 0 aliphatic carbocycles. The highest BCUT2D eigenvalue weighted by atomic mass is 32.2. The van der Waals surface area contributed by atoms with Crippen LogP contribution in [-0.4, -0.2) is 24.1 Å². The molecular weight excluding hydrogens is 188 g/mol. The van der Waals surface area contributed by atoms with Gasteiger partial charge in [-0.25, -0.2) is 13.4 Å². The molecule has 0 unspecified atom stereocenters. The zero-order chi connectivity index (χ0) is 9.73. The van der Waals surface area contributed by atoms with E-state index < -0.39 is 9.84 Å². The van der Waals surface area contributed by atoms with Crippen molar-refractivity contribution in [3.8, 4) is 0 Å². The first-order valence-corrected chi connectivity index (χ1v) is 6.04. The Kier molecular flexibility index (Phi) is 3.48. The van der Waals surface area contributed by atoms with Crippen molar-refractivity contribution < 1.29 is 8.42 Å². The lowest BCUT2D eigenvalue weighted by Crippen LogP contribution is -2.08. The van der Waals surface area contributed by atoms with Crippen LogP contribution in [0.1, 0.15) is 26.2 Å². The Balaban J connectivity index is 2.58. The average molecular weight is 202 g/mol. The van der Waals surface area contributed by atoms with E-state index in [0.717, 1.165) is 12.8 Å². The monoisotopic (exact) mass is 202 g/mol. The fourth-order valence-corrected chi connectivity index (χ4v) is 2.31. The number of H-pyrrole nitrogens is 1. The Morgan fingerprint density at radius 2 is 2.23 bits per heavy atom. The fraction of sp³-hybridized carbons (Fsp3) is 0.625. The third-order valence-electron chi connectivity index (χ3n) is 1.78. The van der Waals surface area contributed by atoms with Gasteiger partial charge in [0.25, 0.3) is 0 Å². The first-order chi connectivity index (χ1) is 6.17. The highest BCUT2D eigenvalue weighted by molar-refractivity contribution is 7.91.